The Morgan fingerprint density at radius 1 is 0.931 bits per heavy atom. The maximum absolute atomic E-state index is 14.1. The normalized spacial score (nSPS) is 29.2. The van der Waals surface area contributed by atoms with Crippen LogP contribution in [0.15, 0.2) is 36.4 Å². The quantitative estimate of drug-likeness (QED) is 0.716. The number of hydrogen-bond donors (Lipinski definition) is 1. The number of nitrogens with one attached hydrogen (secondary N) is 1. The lowest BCUT2D eigenvalue weighted by Crippen LogP contribution is -2.43. The molecule has 2 aromatic carbocycles. The Hall–Kier alpha value is -2.36. The van der Waals surface area contributed by atoms with Crippen molar-refractivity contribution in [2.75, 3.05) is 23.3 Å². The number of fused-ring (bicyclic) bond motifs is 4. The van der Waals surface area contributed by atoms with Crippen molar-refractivity contribution in [1.82, 2.24) is 0 Å². The minimum absolute atomic E-state index is 0.109. The average molecular weight is 391 g/mol. The number of halogens is 1. The van der Waals surface area contributed by atoms with Gasteiger partial charge in [0, 0.05) is 24.5 Å². The monoisotopic (exact) mass is 390 g/mol. The first kappa shape index (κ1) is 17.5. The Labute approximate surface area is 171 Å². The van der Waals surface area contributed by atoms with Crippen LogP contribution in [0.4, 0.5) is 15.8 Å². The third-order valence-electron chi connectivity index (χ3n) is 7.89. The van der Waals surface area contributed by atoms with Gasteiger partial charge < -0.3 is 10.2 Å². The van der Waals surface area contributed by atoms with Crippen LogP contribution in [-0.4, -0.2) is 19.0 Å². The lowest BCUT2D eigenvalue weighted by molar-refractivity contribution is 0.102. The lowest BCUT2D eigenvalue weighted by Gasteiger charge is -2.46. The fourth-order valence-corrected chi connectivity index (χ4v) is 6.68. The van der Waals surface area contributed by atoms with Crippen LogP contribution in [-0.2, 0) is 0 Å². The molecule has 0 saturated heterocycles. The predicted molar refractivity (Wildman–Crippen MR) is 113 cm³/mol. The Morgan fingerprint density at radius 3 is 2.17 bits per heavy atom. The van der Waals surface area contributed by atoms with Gasteiger partial charge in [-0.2, -0.15) is 0 Å². The van der Waals surface area contributed by atoms with E-state index in [2.05, 4.69) is 22.3 Å². The topological polar surface area (TPSA) is 32.3 Å². The number of nitrogens with zero attached hydrogens (tertiary/aromatic N) is 1. The molecule has 2 aromatic rings. The second-order valence-electron chi connectivity index (χ2n) is 9.44. The summed E-state index contributed by atoms with van der Waals surface area (Å²) in [4.78, 5) is 15.4. The Balaban J connectivity index is 1.43. The molecular formula is C25H27FN2O. The fourth-order valence-electron chi connectivity index (χ4n) is 6.68. The highest BCUT2D eigenvalue weighted by molar-refractivity contribution is 6.04. The summed E-state index contributed by atoms with van der Waals surface area (Å²) in [5, 5.41) is 3.03. The van der Waals surface area contributed by atoms with Crippen molar-refractivity contribution in [2.45, 2.75) is 50.4 Å². The van der Waals surface area contributed by atoms with E-state index in [-0.39, 0.29) is 11.5 Å². The molecule has 1 amide bonds. The maximum Gasteiger partial charge on any atom is 0.258 e. The van der Waals surface area contributed by atoms with E-state index in [0.29, 0.717) is 11.8 Å². The van der Waals surface area contributed by atoms with Gasteiger partial charge in [0.1, 0.15) is 5.82 Å². The molecule has 0 radical (unpaired) electrons. The van der Waals surface area contributed by atoms with E-state index in [1.165, 1.54) is 74.5 Å². The number of carbonyl (C=O) groups is 1. The minimum Gasteiger partial charge on any atom is -0.370 e. The van der Waals surface area contributed by atoms with Crippen molar-refractivity contribution in [3.8, 4) is 0 Å². The molecule has 4 aliphatic rings. The summed E-state index contributed by atoms with van der Waals surface area (Å²) in [6.07, 6.45) is 7.74. The van der Waals surface area contributed by atoms with Gasteiger partial charge >= 0.3 is 0 Å². The van der Waals surface area contributed by atoms with Gasteiger partial charge in [0.05, 0.1) is 5.56 Å². The molecule has 0 aromatic heterocycles. The summed E-state index contributed by atoms with van der Waals surface area (Å²) < 4.78 is 14.1. The zero-order chi connectivity index (χ0) is 19.5. The Kier molecular flexibility index (Phi) is 3.97. The molecule has 1 N–H and O–H groups in total. The standard InChI is InChI=1S/C25H27FN2O/c26-23-10-2-1-7-20(23)25(29)27-17-11-21-18-8-3-5-15(18)13-28-14-16-6-4-9-19(16)22(12-17)24(21)28/h1-2,7,10-12,15-16,18-19H,3-6,8-9,13-14H2,(H,27,29)/t15-,16-,18+,19+/m0/s1. The van der Waals surface area contributed by atoms with Gasteiger partial charge in [0.15, 0.2) is 0 Å². The van der Waals surface area contributed by atoms with Gasteiger partial charge in [-0.15, -0.1) is 0 Å². The zero-order valence-electron chi connectivity index (χ0n) is 16.7. The number of amides is 1. The van der Waals surface area contributed by atoms with E-state index in [4.69, 9.17) is 0 Å². The van der Waals surface area contributed by atoms with Gasteiger partial charge in [0.25, 0.3) is 5.91 Å². The van der Waals surface area contributed by atoms with E-state index >= 15 is 0 Å². The summed E-state index contributed by atoms with van der Waals surface area (Å²) in [6.45, 7) is 2.41. The van der Waals surface area contributed by atoms with Crippen molar-refractivity contribution >= 4 is 17.3 Å². The molecule has 2 aliphatic carbocycles. The molecule has 29 heavy (non-hydrogen) atoms. The molecule has 2 aliphatic heterocycles. The minimum atomic E-state index is -0.470. The van der Waals surface area contributed by atoms with Crippen LogP contribution in [0, 0.1) is 17.7 Å². The van der Waals surface area contributed by atoms with Gasteiger partial charge in [0.2, 0.25) is 0 Å². The number of hydrogen-bond acceptors (Lipinski definition) is 2. The van der Waals surface area contributed by atoms with Crippen LogP contribution in [0.1, 0.15) is 71.8 Å². The van der Waals surface area contributed by atoms with Crippen LogP contribution in [0.25, 0.3) is 0 Å². The summed E-state index contributed by atoms with van der Waals surface area (Å²) in [5.74, 6) is 1.88. The summed E-state index contributed by atoms with van der Waals surface area (Å²) in [6, 6.07) is 10.6. The van der Waals surface area contributed by atoms with Crippen molar-refractivity contribution in [3.63, 3.8) is 0 Å². The third kappa shape index (κ3) is 2.72. The predicted octanol–water partition coefficient (Wildman–Crippen LogP) is 5.68. The largest absolute Gasteiger partial charge is 0.370 e. The number of rotatable bonds is 2. The van der Waals surface area contributed by atoms with Crippen LogP contribution in [0.5, 0.6) is 0 Å². The number of carbonyl (C=O) groups excluding carboxylic acids is 1. The highest BCUT2D eigenvalue weighted by Crippen LogP contribution is 2.56. The van der Waals surface area contributed by atoms with Crippen LogP contribution in [0.2, 0.25) is 0 Å². The molecule has 4 atom stereocenters. The van der Waals surface area contributed by atoms with Gasteiger partial charge in [-0.05, 0) is 84.7 Å². The van der Waals surface area contributed by atoms with Gasteiger partial charge in [-0.1, -0.05) is 25.0 Å². The van der Waals surface area contributed by atoms with E-state index in [1.54, 1.807) is 18.2 Å². The lowest BCUT2D eigenvalue weighted by atomic mass is 9.75. The molecule has 0 spiro atoms. The molecule has 6 rings (SSSR count). The van der Waals surface area contributed by atoms with Crippen molar-refractivity contribution < 1.29 is 9.18 Å². The Morgan fingerprint density at radius 2 is 1.55 bits per heavy atom. The molecule has 2 heterocycles. The summed E-state index contributed by atoms with van der Waals surface area (Å²) >= 11 is 0. The van der Waals surface area contributed by atoms with Crippen molar-refractivity contribution in [2.24, 2.45) is 11.8 Å². The molecule has 4 heteroatoms. The van der Waals surface area contributed by atoms with Crippen LogP contribution >= 0.6 is 0 Å². The molecule has 0 bridgehead atoms. The maximum atomic E-state index is 14.1. The molecule has 150 valence electrons. The molecule has 2 saturated carbocycles. The van der Waals surface area contributed by atoms with Crippen molar-refractivity contribution in [1.29, 1.82) is 0 Å². The first-order chi connectivity index (χ1) is 14.2. The summed E-state index contributed by atoms with van der Waals surface area (Å²) in [5.41, 5.74) is 5.29. The Bertz CT molecular complexity index is 942. The second kappa shape index (κ2) is 6.58. The average Bonchev–Trinajstić information content (AvgIpc) is 3.37. The second-order valence-corrected chi connectivity index (χ2v) is 9.44. The van der Waals surface area contributed by atoms with Crippen molar-refractivity contribution in [3.05, 3.63) is 58.9 Å². The highest BCUT2D eigenvalue weighted by atomic mass is 19.1. The van der Waals surface area contributed by atoms with E-state index in [1.807, 2.05) is 0 Å². The highest BCUT2D eigenvalue weighted by Gasteiger charge is 2.44. The SMILES string of the molecule is O=C(Nc1cc2c3c(c1)[C@@H]1CCC[C@H]1CN3C[C@@H]1CCC[C@@H]21)c1ccccc1F. The zero-order valence-corrected chi connectivity index (χ0v) is 16.7. The number of anilines is 2. The van der Waals surface area contributed by atoms with Crippen LogP contribution in [0.3, 0.4) is 0 Å². The van der Waals surface area contributed by atoms with E-state index < -0.39 is 5.82 Å². The molecule has 3 nitrogen and oxygen atoms in total. The molecule has 2 fully saturated rings. The van der Waals surface area contributed by atoms with E-state index in [9.17, 15) is 9.18 Å². The van der Waals surface area contributed by atoms with Gasteiger partial charge in [-0.3, -0.25) is 4.79 Å². The molecular weight excluding hydrogens is 363 g/mol. The van der Waals surface area contributed by atoms with Gasteiger partial charge in [-0.25, -0.2) is 4.39 Å². The number of benzene rings is 2. The summed E-state index contributed by atoms with van der Waals surface area (Å²) in [7, 11) is 0. The molecule has 0 unspecified atom stereocenters. The smallest absolute Gasteiger partial charge is 0.258 e. The third-order valence-corrected chi connectivity index (χ3v) is 7.89. The fraction of sp³-hybridized carbons (Fsp3) is 0.480. The first-order valence-electron chi connectivity index (χ1n) is 11.2. The first-order valence-corrected chi connectivity index (χ1v) is 11.2. The van der Waals surface area contributed by atoms with E-state index in [0.717, 1.165) is 17.5 Å². The van der Waals surface area contributed by atoms with Crippen LogP contribution < -0.4 is 10.2 Å².